The Hall–Kier alpha value is -7.59. The number of nitrogens with zero attached hydrogens (tertiary/aromatic N) is 4. The predicted octanol–water partition coefficient (Wildman–Crippen LogP) is 17.0. The third-order valence-corrected chi connectivity index (χ3v) is 15.1. The van der Waals surface area contributed by atoms with E-state index >= 15 is 0 Å². The summed E-state index contributed by atoms with van der Waals surface area (Å²) < 4.78 is 13.9. The van der Waals surface area contributed by atoms with Crippen molar-refractivity contribution in [2.45, 2.75) is 90.9 Å². The van der Waals surface area contributed by atoms with E-state index in [-0.39, 0.29) is 31.9 Å². The Bertz CT molecular complexity index is 3860. The fraction of sp³-hybridized carbons (Fsp3) is 0.200. The maximum Gasteiger partial charge on any atom is 0.267 e. The summed E-state index contributed by atoms with van der Waals surface area (Å²) in [5.74, 6) is 1.98. The van der Waals surface area contributed by atoms with E-state index in [0.717, 1.165) is 66.9 Å². The summed E-state index contributed by atoms with van der Waals surface area (Å²) in [5.41, 5.74) is 14.0. The third kappa shape index (κ3) is 9.90. The minimum Gasteiger partial charge on any atom is -0.510 e. The molecule has 0 amide bonds. The Balaban J connectivity index is 0.00000657. The number of benzene rings is 8. The predicted molar refractivity (Wildman–Crippen MR) is 308 cm³/mol. The molecule has 11 rings (SSSR count). The first kappa shape index (κ1) is 51.9. The molecule has 382 valence electrons. The van der Waals surface area contributed by atoms with Gasteiger partial charge in [-0.2, -0.15) is 6.07 Å². The van der Waals surface area contributed by atoms with Crippen molar-refractivity contribution in [3.05, 3.63) is 258 Å². The van der Waals surface area contributed by atoms with Gasteiger partial charge in [-0.15, -0.1) is 35.4 Å². The second-order valence-corrected chi connectivity index (χ2v) is 23.0. The molecule has 0 fully saturated rings. The summed E-state index contributed by atoms with van der Waals surface area (Å²) in [7, 11) is 0. The van der Waals surface area contributed by atoms with E-state index in [2.05, 4.69) is 302 Å². The van der Waals surface area contributed by atoms with E-state index in [1.807, 2.05) is 6.20 Å². The van der Waals surface area contributed by atoms with Crippen LogP contribution in [0.3, 0.4) is 0 Å². The SMILES string of the molecule is CC(C)(C)c1cc(-c2ccccc2)cc(-[n+]2[c-]n(-c3[c-]c(Oc4[c-]c5c(c(C(C)(C)c6ccccc6)c4)c4ccccc4n5-c4cc(C(C)(C)C)ccn4)cc(C(C)(C)c4ccccc4)c3)c(-c3ccccc3)c2)c1.[Pt]. The van der Waals surface area contributed by atoms with Gasteiger partial charge in [-0.3, -0.25) is 4.57 Å². The zero-order valence-corrected chi connectivity index (χ0v) is 47.4. The zero-order valence-electron chi connectivity index (χ0n) is 45.1. The average molecular weight is 1170 g/mol. The van der Waals surface area contributed by atoms with Gasteiger partial charge in [-0.25, -0.2) is 4.98 Å². The Morgan fingerprint density at radius 1 is 0.487 bits per heavy atom. The Labute approximate surface area is 463 Å². The Kier molecular flexibility index (Phi) is 13.8. The summed E-state index contributed by atoms with van der Waals surface area (Å²) in [4.78, 5) is 5.05. The van der Waals surface area contributed by atoms with Crippen molar-refractivity contribution in [2.24, 2.45) is 0 Å². The molecule has 11 aromatic rings. The molecule has 0 aliphatic rings. The fourth-order valence-electron chi connectivity index (χ4n) is 10.5. The van der Waals surface area contributed by atoms with Crippen LogP contribution in [0.4, 0.5) is 0 Å². The van der Waals surface area contributed by atoms with Crippen LogP contribution in [0, 0.1) is 18.5 Å². The van der Waals surface area contributed by atoms with Crippen LogP contribution in [0.5, 0.6) is 11.5 Å². The van der Waals surface area contributed by atoms with Gasteiger partial charge in [0.1, 0.15) is 5.82 Å². The van der Waals surface area contributed by atoms with E-state index in [1.165, 1.54) is 27.8 Å². The van der Waals surface area contributed by atoms with Crippen LogP contribution < -0.4 is 9.30 Å². The normalized spacial score (nSPS) is 12.2. The Morgan fingerprint density at radius 3 is 1.71 bits per heavy atom. The first-order chi connectivity index (χ1) is 35.9. The number of hydrogen-bond donors (Lipinski definition) is 0. The molecular formula is C70H64N4OPt-2. The largest absolute Gasteiger partial charge is 0.510 e. The first-order valence-electron chi connectivity index (χ1n) is 26.1. The molecule has 0 saturated carbocycles. The van der Waals surface area contributed by atoms with E-state index in [1.54, 1.807) is 0 Å². The Morgan fingerprint density at radius 2 is 1.07 bits per heavy atom. The number of ether oxygens (including phenoxy) is 1. The van der Waals surface area contributed by atoms with Crippen LogP contribution in [-0.4, -0.2) is 14.1 Å². The first-order valence-corrected chi connectivity index (χ1v) is 26.1. The molecule has 5 nitrogen and oxygen atoms in total. The zero-order chi connectivity index (χ0) is 52.3. The maximum atomic E-state index is 7.33. The number of para-hydroxylation sites is 1. The fourth-order valence-corrected chi connectivity index (χ4v) is 10.5. The second kappa shape index (κ2) is 20.2. The van der Waals surface area contributed by atoms with Crippen LogP contribution >= 0.6 is 0 Å². The van der Waals surface area contributed by atoms with Gasteiger partial charge < -0.3 is 13.9 Å². The standard InChI is InChI=1S/C70H64N4O.Pt/c1-67(2,3)53-35-36-71-65(42-53)74-62-34-24-23-33-60(62)66-61(70(9,10)52-31-21-14-22-32-52)44-59(45-63(66)74)75-58-41-55(69(7,8)51-29-19-13-20-30-51)40-57(43-58)73-47-72(46-64(73)49-27-17-12-18-28-49)56-38-50(48-25-15-11-16-26-48)37-54(39-56)68(4,5)6;/h11-42,44,46H,1-10H3;/q-2;. The molecule has 0 aliphatic carbocycles. The molecule has 0 saturated heterocycles. The molecule has 0 spiro atoms. The van der Waals surface area contributed by atoms with Crippen molar-refractivity contribution >= 4 is 21.8 Å². The van der Waals surface area contributed by atoms with E-state index in [0.29, 0.717) is 11.5 Å². The number of rotatable bonds is 11. The minimum absolute atomic E-state index is 0. The molecule has 8 aromatic carbocycles. The summed E-state index contributed by atoms with van der Waals surface area (Å²) in [6.07, 6.45) is 7.95. The van der Waals surface area contributed by atoms with Crippen molar-refractivity contribution in [2.75, 3.05) is 0 Å². The van der Waals surface area contributed by atoms with Crippen LogP contribution in [0.15, 0.2) is 207 Å². The van der Waals surface area contributed by atoms with Crippen LogP contribution in [0.2, 0.25) is 0 Å². The quantitative estimate of drug-likeness (QED) is 0.0956. The van der Waals surface area contributed by atoms with Gasteiger partial charge in [0.2, 0.25) is 0 Å². The molecule has 6 heteroatoms. The number of aromatic nitrogens is 4. The number of pyridine rings is 1. The van der Waals surface area contributed by atoms with Gasteiger partial charge in [0.05, 0.1) is 11.4 Å². The average Bonchev–Trinajstić information content (AvgIpc) is 4.13. The summed E-state index contributed by atoms with van der Waals surface area (Å²) in [6.45, 7) is 22.7. The number of fused-ring (bicyclic) bond motifs is 3. The molecule has 3 aromatic heterocycles. The van der Waals surface area contributed by atoms with Crippen LogP contribution in [-0.2, 0) is 42.7 Å². The summed E-state index contributed by atoms with van der Waals surface area (Å²) >= 11 is 0. The van der Waals surface area contributed by atoms with Crippen molar-refractivity contribution in [3.8, 4) is 51.1 Å². The molecule has 0 bridgehead atoms. The number of hydrogen-bond acceptors (Lipinski definition) is 2. The topological polar surface area (TPSA) is 35.9 Å². The third-order valence-electron chi connectivity index (χ3n) is 15.1. The van der Waals surface area contributed by atoms with Gasteiger partial charge in [0, 0.05) is 50.5 Å². The van der Waals surface area contributed by atoms with Gasteiger partial charge >= 0.3 is 0 Å². The molecule has 0 aliphatic heterocycles. The van der Waals surface area contributed by atoms with Gasteiger partial charge in [-0.1, -0.05) is 226 Å². The molecule has 0 atom stereocenters. The number of imidazole rings is 1. The smallest absolute Gasteiger partial charge is 0.267 e. The second-order valence-electron chi connectivity index (χ2n) is 23.0. The monoisotopic (exact) mass is 1170 g/mol. The van der Waals surface area contributed by atoms with Crippen molar-refractivity contribution in [3.63, 3.8) is 0 Å². The molecule has 0 unspecified atom stereocenters. The van der Waals surface area contributed by atoms with Crippen molar-refractivity contribution in [1.29, 1.82) is 0 Å². The van der Waals surface area contributed by atoms with Crippen LogP contribution in [0.1, 0.15) is 103 Å². The van der Waals surface area contributed by atoms with E-state index in [9.17, 15) is 0 Å². The maximum absolute atomic E-state index is 7.33. The van der Waals surface area contributed by atoms with Gasteiger partial charge in [0.25, 0.3) is 6.33 Å². The molecule has 76 heavy (non-hydrogen) atoms. The summed E-state index contributed by atoms with van der Waals surface area (Å²) in [6, 6.07) is 76.8. The molecule has 0 radical (unpaired) electrons. The van der Waals surface area contributed by atoms with E-state index in [4.69, 9.17) is 9.72 Å². The molecule has 3 heterocycles. The molecule has 0 N–H and O–H groups in total. The molecular weight excluding hydrogens is 1110 g/mol. The van der Waals surface area contributed by atoms with Gasteiger partial charge in [0.15, 0.2) is 0 Å². The minimum atomic E-state index is -0.447. The van der Waals surface area contributed by atoms with Crippen molar-refractivity contribution < 1.29 is 30.4 Å². The van der Waals surface area contributed by atoms with Crippen molar-refractivity contribution in [1.82, 2.24) is 14.1 Å². The van der Waals surface area contributed by atoms with Crippen LogP contribution in [0.25, 0.3) is 61.4 Å². The summed E-state index contributed by atoms with van der Waals surface area (Å²) in [5, 5.41) is 2.25. The van der Waals surface area contributed by atoms with Gasteiger partial charge in [-0.05, 0) is 102 Å². The van der Waals surface area contributed by atoms with E-state index < -0.39 is 10.8 Å².